The van der Waals surface area contributed by atoms with Gasteiger partial charge < -0.3 is 9.64 Å². The molecule has 1 rings (SSSR count). The third-order valence-corrected chi connectivity index (χ3v) is 2.88. The number of halogens is 1. The number of carbonyl (C=O) groups excluding carboxylic acids is 1. The molecule has 0 fully saturated rings. The van der Waals surface area contributed by atoms with E-state index in [0.29, 0.717) is 16.3 Å². The Hall–Kier alpha value is -1.73. The van der Waals surface area contributed by atoms with Gasteiger partial charge in [-0.15, -0.1) is 0 Å². The Labute approximate surface area is 112 Å². The van der Waals surface area contributed by atoms with Crippen molar-refractivity contribution >= 4 is 23.3 Å². The van der Waals surface area contributed by atoms with Crippen LogP contribution in [0.15, 0.2) is 18.2 Å². The van der Waals surface area contributed by atoms with Crippen molar-refractivity contribution in [1.82, 2.24) is 0 Å². The molecular weight excluding hydrogens is 252 g/mol. The number of benzene rings is 1. The van der Waals surface area contributed by atoms with Crippen LogP contribution in [0, 0.1) is 11.3 Å². The normalized spacial score (nSPS) is 10.0. The van der Waals surface area contributed by atoms with Gasteiger partial charge >= 0.3 is 5.97 Å². The fourth-order valence-electron chi connectivity index (χ4n) is 1.61. The second-order valence-electron chi connectivity index (χ2n) is 4.04. The maximum Gasteiger partial charge on any atom is 0.325 e. The van der Waals surface area contributed by atoms with Gasteiger partial charge in [0.05, 0.1) is 23.4 Å². The first-order valence-electron chi connectivity index (χ1n) is 5.53. The Balaban J connectivity index is 3.18. The first kappa shape index (κ1) is 14.3. The van der Waals surface area contributed by atoms with Gasteiger partial charge in [0.15, 0.2) is 0 Å². The summed E-state index contributed by atoms with van der Waals surface area (Å²) in [6, 6.07) is 7.29. The average Bonchev–Trinajstić information content (AvgIpc) is 2.34. The third kappa shape index (κ3) is 3.14. The van der Waals surface area contributed by atoms with Gasteiger partial charge in [-0.2, -0.15) is 5.26 Å². The van der Waals surface area contributed by atoms with Crippen molar-refractivity contribution < 1.29 is 9.53 Å². The predicted octanol–water partition coefficient (Wildman–Crippen LogP) is 2.60. The Morgan fingerprint density at radius 3 is 2.72 bits per heavy atom. The van der Waals surface area contributed by atoms with Gasteiger partial charge in [0.1, 0.15) is 12.6 Å². The second-order valence-corrected chi connectivity index (χ2v) is 4.45. The third-order valence-electron chi connectivity index (χ3n) is 2.56. The highest BCUT2D eigenvalue weighted by atomic mass is 35.5. The average molecular weight is 267 g/mol. The summed E-state index contributed by atoms with van der Waals surface area (Å²) >= 11 is 5.98. The molecule has 0 atom stereocenters. The zero-order valence-electron chi connectivity index (χ0n) is 10.6. The lowest BCUT2D eigenvalue weighted by Gasteiger charge is -2.28. The lowest BCUT2D eigenvalue weighted by atomic mass is 10.1. The van der Waals surface area contributed by atoms with Crippen LogP contribution in [0.2, 0.25) is 5.02 Å². The first-order valence-corrected chi connectivity index (χ1v) is 5.91. The number of ether oxygens (including phenoxy) is 1. The highest BCUT2D eigenvalue weighted by Crippen LogP contribution is 2.28. The Bertz CT molecular complexity index is 480. The minimum atomic E-state index is -0.354. The van der Waals surface area contributed by atoms with E-state index in [2.05, 4.69) is 10.8 Å². The fourth-order valence-corrected chi connectivity index (χ4v) is 1.82. The summed E-state index contributed by atoms with van der Waals surface area (Å²) in [5.74, 6) is -0.354. The lowest BCUT2D eigenvalue weighted by Crippen LogP contribution is -2.36. The maximum atomic E-state index is 11.4. The minimum Gasteiger partial charge on any atom is -0.468 e. The second kappa shape index (κ2) is 6.27. The summed E-state index contributed by atoms with van der Waals surface area (Å²) in [4.78, 5) is 13.2. The van der Waals surface area contributed by atoms with Crippen LogP contribution in [0.4, 0.5) is 5.69 Å². The summed E-state index contributed by atoms with van der Waals surface area (Å²) in [5.41, 5.74) is 1.02. The highest BCUT2D eigenvalue weighted by Gasteiger charge is 2.19. The molecule has 0 heterocycles. The number of anilines is 1. The molecule has 1 aromatic carbocycles. The number of hydrogen-bond donors (Lipinski definition) is 0. The number of nitriles is 1. The number of hydrogen-bond acceptors (Lipinski definition) is 4. The Morgan fingerprint density at radius 2 is 2.22 bits per heavy atom. The molecular formula is C13H15ClN2O2. The molecule has 0 spiro atoms. The van der Waals surface area contributed by atoms with Crippen LogP contribution in [0.1, 0.15) is 19.4 Å². The molecule has 0 aromatic heterocycles. The standard InChI is InChI=1S/C13H15ClN2O2/c1-9(2)16(8-13(17)18-3)12-6-4-5-11(14)10(12)7-15/h4-6,9H,8H2,1-3H3. The van der Waals surface area contributed by atoms with Crippen molar-refractivity contribution in [3.63, 3.8) is 0 Å². The number of esters is 1. The predicted molar refractivity (Wildman–Crippen MR) is 70.7 cm³/mol. The van der Waals surface area contributed by atoms with Gasteiger partial charge in [0.2, 0.25) is 0 Å². The molecule has 0 bridgehead atoms. The van der Waals surface area contributed by atoms with Gasteiger partial charge in [-0.3, -0.25) is 4.79 Å². The van der Waals surface area contributed by atoms with E-state index in [1.807, 2.05) is 13.8 Å². The monoisotopic (exact) mass is 266 g/mol. The van der Waals surface area contributed by atoms with Crippen LogP contribution in [-0.4, -0.2) is 25.7 Å². The molecule has 0 amide bonds. The lowest BCUT2D eigenvalue weighted by molar-refractivity contribution is -0.139. The van der Waals surface area contributed by atoms with Crippen LogP contribution in [-0.2, 0) is 9.53 Å². The molecule has 1 aromatic rings. The number of carbonyl (C=O) groups is 1. The highest BCUT2D eigenvalue weighted by molar-refractivity contribution is 6.32. The first-order chi connectivity index (χ1) is 8.51. The molecule has 96 valence electrons. The van der Waals surface area contributed by atoms with Gasteiger partial charge in [-0.25, -0.2) is 0 Å². The molecule has 0 radical (unpaired) electrons. The SMILES string of the molecule is COC(=O)CN(c1cccc(Cl)c1C#N)C(C)C. The van der Waals surface area contributed by atoms with E-state index in [1.165, 1.54) is 7.11 Å². The van der Waals surface area contributed by atoms with Gasteiger partial charge in [-0.1, -0.05) is 17.7 Å². The number of rotatable bonds is 4. The summed E-state index contributed by atoms with van der Waals surface area (Å²) in [7, 11) is 1.34. The molecule has 0 aliphatic rings. The number of nitrogens with zero attached hydrogens (tertiary/aromatic N) is 2. The smallest absolute Gasteiger partial charge is 0.325 e. The molecule has 4 nitrogen and oxygen atoms in total. The van der Waals surface area contributed by atoms with E-state index < -0.39 is 0 Å². The summed E-state index contributed by atoms with van der Waals surface area (Å²) < 4.78 is 4.66. The van der Waals surface area contributed by atoms with Crippen molar-refractivity contribution in [2.45, 2.75) is 19.9 Å². The quantitative estimate of drug-likeness (QED) is 0.786. The van der Waals surface area contributed by atoms with Crippen LogP contribution < -0.4 is 4.90 Å². The fraction of sp³-hybridized carbons (Fsp3) is 0.385. The van der Waals surface area contributed by atoms with Crippen molar-refractivity contribution in [2.75, 3.05) is 18.6 Å². The molecule has 0 N–H and O–H groups in total. The zero-order valence-corrected chi connectivity index (χ0v) is 11.4. The van der Waals surface area contributed by atoms with E-state index in [-0.39, 0.29) is 18.6 Å². The van der Waals surface area contributed by atoms with E-state index in [0.717, 1.165) is 0 Å². The van der Waals surface area contributed by atoms with Crippen LogP contribution in [0.3, 0.4) is 0 Å². The van der Waals surface area contributed by atoms with Gasteiger partial charge in [-0.05, 0) is 26.0 Å². The van der Waals surface area contributed by atoms with Crippen LogP contribution >= 0.6 is 11.6 Å². The molecule has 0 unspecified atom stereocenters. The summed E-state index contributed by atoms with van der Waals surface area (Å²) in [5, 5.41) is 9.52. The van der Waals surface area contributed by atoms with Crippen LogP contribution in [0.25, 0.3) is 0 Å². The molecule has 18 heavy (non-hydrogen) atoms. The van der Waals surface area contributed by atoms with Gasteiger partial charge in [0, 0.05) is 6.04 Å². The molecule has 0 aliphatic carbocycles. The summed E-state index contributed by atoms with van der Waals surface area (Å²) in [6.07, 6.45) is 0. The minimum absolute atomic E-state index is 0.0506. The van der Waals surface area contributed by atoms with E-state index in [9.17, 15) is 4.79 Å². The van der Waals surface area contributed by atoms with Crippen LogP contribution in [0.5, 0.6) is 0 Å². The summed E-state index contributed by atoms with van der Waals surface area (Å²) in [6.45, 7) is 3.96. The van der Waals surface area contributed by atoms with Gasteiger partial charge in [0.25, 0.3) is 0 Å². The van der Waals surface area contributed by atoms with E-state index >= 15 is 0 Å². The largest absolute Gasteiger partial charge is 0.468 e. The molecule has 5 heteroatoms. The molecule has 0 saturated heterocycles. The van der Waals surface area contributed by atoms with E-state index in [4.69, 9.17) is 16.9 Å². The van der Waals surface area contributed by atoms with Crippen molar-refractivity contribution in [1.29, 1.82) is 5.26 Å². The van der Waals surface area contributed by atoms with Crippen molar-refractivity contribution in [3.8, 4) is 6.07 Å². The van der Waals surface area contributed by atoms with Crippen molar-refractivity contribution in [2.24, 2.45) is 0 Å². The van der Waals surface area contributed by atoms with E-state index in [1.54, 1.807) is 23.1 Å². The Morgan fingerprint density at radius 1 is 1.56 bits per heavy atom. The molecule has 0 aliphatic heterocycles. The topological polar surface area (TPSA) is 53.3 Å². The Kier molecular flexibility index (Phi) is 4.99. The molecule has 0 saturated carbocycles. The van der Waals surface area contributed by atoms with Crippen molar-refractivity contribution in [3.05, 3.63) is 28.8 Å². The maximum absolute atomic E-state index is 11.4. The number of methoxy groups -OCH3 is 1. The zero-order chi connectivity index (χ0) is 13.7.